The minimum atomic E-state index is 0.291. The minimum Gasteiger partial charge on any atom is -0.498 e. The van der Waals surface area contributed by atoms with Crippen LogP contribution in [0.4, 0.5) is 0 Å². The molecule has 230 valence electrons. The monoisotopic (exact) mass is 566 g/mol. The Bertz CT molecular complexity index is 959. The lowest BCUT2D eigenvalue weighted by atomic mass is 9.93. The highest BCUT2D eigenvalue weighted by atomic mass is 16.5. The van der Waals surface area contributed by atoms with E-state index in [4.69, 9.17) is 9.47 Å². The number of ether oxygens (including phenoxy) is 2. The van der Waals surface area contributed by atoms with Gasteiger partial charge in [0, 0.05) is 25.7 Å². The summed E-state index contributed by atoms with van der Waals surface area (Å²) in [6, 6.07) is 8.72. The van der Waals surface area contributed by atoms with Crippen molar-refractivity contribution in [1.29, 1.82) is 0 Å². The van der Waals surface area contributed by atoms with Crippen molar-refractivity contribution in [1.82, 2.24) is 9.80 Å². The average Bonchev–Trinajstić information content (AvgIpc) is 3.37. The second-order valence-corrected chi connectivity index (χ2v) is 11.5. The number of benzene rings is 1. The van der Waals surface area contributed by atoms with E-state index in [1.165, 1.54) is 11.1 Å². The molecule has 0 spiro atoms. The fourth-order valence-electron chi connectivity index (χ4n) is 5.65. The largest absolute Gasteiger partial charge is 0.498 e. The molecule has 1 heterocycles. The molecule has 1 amide bonds. The van der Waals surface area contributed by atoms with Crippen LogP contribution in [0, 0.1) is 5.92 Å². The molecule has 5 heteroatoms. The average molecular weight is 567 g/mol. The van der Waals surface area contributed by atoms with E-state index in [0.29, 0.717) is 24.4 Å². The van der Waals surface area contributed by atoms with E-state index in [0.717, 1.165) is 102 Å². The third-order valence-electron chi connectivity index (χ3n) is 8.13. The van der Waals surface area contributed by atoms with Gasteiger partial charge in [0.25, 0.3) is 0 Å². The minimum absolute atomic E-state index is 0.291. The summed E-state index contributed by atoms with van der Waals surface area (Å²) in [5.74, 6) is 2.61. The quantitative estimate of drug-likeness (QED) is 0.0903. The van der Waals surface area contributed by atoms with Crippen LogP contribution in [-0.2, 0) is 16.0 Å². The summed E-state index contributed by atoms with van der Waals surface area (Å²) < 4.78 is 11.5. The van der Waals surface area contributed by atoms with Crippen LogP contribution in [0.5, 0.6) is 5.75 Å². The zero-order chi connectivity index (χ0) is 29.9. The van der Waals surface area contributed by atoms with Crippen molar-refractivity contribution in [2.24, 2.45) is 5.92 Å². The van der Waals surface area contributed by atoms with Crippen LogP contribution in [0.2, 0.25) is 0 Å². The number of unbranched alkanes of at least 4 members (excludes halogenated alkanes) is 3. The van der Waals surface area contributed by atoms with Crippen molar-refractivity contribution in [2.75, 3.05) is 39.9 Å². The van der Waals surface area contributed by atoms with Gasteiger partial charge in [-0.3, -0.25) is 9.69 Å². The molecule has 2 rings (SSSR count). The fraction of sp³-hybridized carbons (Fsp3) is 0.639. The van der Waals surface area contributed by atoms with E-state index >= 15 is 0 Å². The smallest absolute Gasteiger partial charge is 0.236 e. The van der Waals surface area contributed by atoms with Crippen molar-refractivity contribution in [3.05, 3.63) is 65.5 Å². The third-order valence-corrected chi connectivity index (χ3v) is 8.13. The van der Waals surface area contributed by atoms with Gasteiger partial charge in [-0.25, -0.2) is 0 Å². The first-order chi connectivity index (χ1) is 20.0. The van der Waals surface area contributed by atoms with Gasteiger partial charge in [0.1, 0.15) is 5.75 Å². The normalized spacial score (nSPS) is 18.3. The Morgan fingerprint density at radius 3 is 2.39 bits per heavy atom. The summed E-state index contributed by atoms with van der Waals surface area (Å²) in [7, 11) is 1.75. The number of likely N-dealkylation sites (tertiary alicyclic amines) is 1. The molecule has 0 N–H and O–H groups in total. The zero-order valence-corrected chi connectivity index (χ0v) is 27.0. The van der Waals surface area contributed by atoms with Gasteiger partial charge in [0.2, 0.25) is 5.91 Å². The molecule has 1 aromatic rings. The van der Waals surface area contributed by atoms with Crippen LogP contribution >= 0.6 is 0 Å². The number of amides is 1. The van der Waals surface area contributed by atoms with Crippen LogP contribution < -0.4 is 4.74 Å². The molecule has 1 aliphatic heterocycles. The van der Waals surface area contributed by atoms with E-state index < -0.39 is 0 Å². The number of methoxy groups -OCH3 is 1. The highest BCUT2D eigenvalue weighted by Gasteiger charge is 2.34. The number of carbonyl (C=O) groups is 1. The predicted octanol–water partition coefficient (Wildman–Crippen LogP) is 8.36. The number of hydrogen-bond donors (Lipinski definition) is 0. The lowest BCUT2D eigenvalue weighted by molar-refractivity contribution is -0.132. The maximum atomic E-state index is 13.6. The summed E-state index contributed by atoms with van der Waals surface area (Å²) in [5, 5.41) is 0. The molecule has 2 atom stereocenters. The maximum absolute atomic E-state index is 13.6. The number of nitrogens with zero attached hydrogens (tertiary/aromatic N) is 2. The number of carbonyl (C=O) groups excluding carboxylic acids is 1. The highest BCUT2D eigenvalue weighted by molar-refractivity contribution is 5.78. The Balaban J connectivity index is 2.20. The number of hydrogen-bond acceptors (Lipinski definition) is 4. The Kier molecular flexibility index (Phi) is 17.2. The Labute approximate surface area is 251 Å². The summed E-state index contributed by atoms with van der Waals surface area (Å²) in [6.45, 7) is 14.7. The Morgan fingerprint density at radius 1 is 1.02 bits per heavy atom. The second kappa shape index (κ2) is 20.4. The first-order valence-electron chi connectivity index (χ1n) is 16.2. The number of allylic oxidation sites excluding steroid dienone is 5. The van der Waals surface area contributed by atoms with Gasteiger partial charge in [0.05, 0.1) is 26.0 Å². The fourth-order valence-corrected chi connectivity index (χ4v) is 5.65. The van der Waals surface area contributed by atoms with E-state index in [1.807, 2.05) is 19.1 Å². The standard InChI is InChI=1S/C36H58N2O3/c1-7-11-24-37(25-12-8-2)36(39)29-38-28-33(31(17-10-4)23-22-30(5)41-26-13-9-3)27-34(38)20-16-19-32-18-14-15-21-35(32)40-6/h10,14-15,17-18,21-23,33-34H,7-9,11-13,16,19-20,24-29H2,1-6H3/b17-10+,30-22+,31-23+/t33-,34?/m1/s1. The number of rotatable bonds is 20. The van der Waals surface area contributed by atoms with Crippen molar-refractivity contribution in [3.63, 3.8) is 0 Å². The first kappa shape index (κ1) is 34.7. The van der Waals surface area contributed by atoms with Gasteiger partial charge < -0.3 is 14.4 Å². The topological polar surface area (TPSA) is 42.0 Å². The molecule has 1 aliphatic rings. The molecule has 0 aromatic heterocycles. The zero-order valence-electron chi connectivity index (χ0n) is 27.0. The third kappa shape index (κ3) is 12.5. The molecule has 0 saturated carbocycles. The van der Waals surface area contributed by atoms with Crippen LogP contribution in [0.15, 0.2) is 59.9 Å². The molecule has 0 aliphatic carbocycles. The van der Waals surface area contributed by atoms with Crippen molar-refractivity contribution in [3.8, 4) is 5.75 Å². The van der Waals surface area contributed by atoms with E-state index in [9.17, 15) is 4.79 Å². The molecule has 1 saturated heterocycles. The summed E-state index contributed by atoms with van der Waals surface area (Å²) in [5.41, 5.74) is 2.58. The van der Waals surface area contributed by atoms with Crippen molar-refractivity contribution in [2.45, 2.75) is 105 Å². The molecule has 0 radical (unpaired) electrons. The molecule has 0 bridgehead atoms. The van der Waals surface area contributed by atoms with E-state index in [1.54, 1.807) is 7.11 Å². The predicted molar refractivity (Wildman–Crippen MR) is 173 cm³/mol. The second-order valence-electron chi connectivity index (χ2n) is 11.5. The van der Waals surface area contributed by atoms with Crippen molar-refractivity contribution >= 4 is 5.91 Å². The lowest BCUT2D eigenvalue weighted by Crippen LogP contribution is -2.43. The molecular formula is C36H58N2O3. The van der Waals surface area contributed by atoms with Gasteiger partial charge in [-0.15, -0.1) is 0 Å². The molecule has 1 aromatic carbocycles. The van der Waals surface area contributed by atoms with Crippen LogP contribution in [-0.4, -0.2) is 61.6 Å². The van der Waals surface area contributed by atoms with Crippen LogP contribution in [0.25, 0.3) is 0 Å². The molecule has 5 nitrogen and oxygen atoms in total. The van der Waals surface area contributed by atoms with Gasteiger partial charge in [0.15, 0.2) is 0 Å². The van der Waals surface area contributed by atoms with Gasteiger partial charge in [-0.1, -0.05) is 76.5 Å². The highest BCUT2D eigenvalue weighted by Crippen LogP contribution is 2.33. The lowest BCUT2D eigenvalue weighted by Gasteiger charge is -2.28. The SMILES string of the molecule is C/C=C/C(=C\C=C(/C)OCCCC)[C@@H]1CC(CCCc2ccccc2OC)N(CC(=O)N(CCCC)CCCC)C1. The summed E-state index contributed by atoms with van der Waals surface area (Å²) in [6.07, 6.45) is 19.5. The van der Waals surface area contributed by atoms with Gasteiger partial charge in [-0.2, -0.15) is 0 Å². The molecule has 1 unspecified atom stereocenters. The van der Waals surface area contributed by atoms with E-state index in [2.05, 4.69) is 73.9 Å². The molecule has 41 heavy (non-hydrogen) atoms. The van der Waals surface area contributed by atoms with Gasteiger partial charge in [-0.05, 0) is 88.0 Å². The maximum Gasteiger partial charge on any atom is 0.236 e. The van der Waals surface area contributed by atoms with E-state index in [-0.39, 0.29) is 0 Å². The molecular weight excluding hydrogens is 508 g/mol. The first-order valence-corrected chi connectivity index (χ1v) is 16.2. The van der Waals surface area contributed by atoms with Gasteiger partial charge >= 0.3 is 0 Å². The molecule has 1 fully saturated rings. The Hall–Kier alpha value is -2.53. The number of para-hydroxylation sites is 1. The summed E-state index contributed by atoms with van der Waals surface area (Å²) >= 11 is 0. The summed E-state index contributed by atoms with van der Waals surface area (Å²) in [4.78, 5) is 18.2. The van der Waals surface area contributed by atoms with Crippen LogP contribution in [0.3, 0.4) is 0 Å². The number of aryl methyl sites for hydroxylation is 1. The van der Waals surface area contributed by atoms with Crippen molar-refractivity contribution < 1.29 is 14.3 Å². The Morgan fingerprint density at radius 2 is 1.73 bits per heavy atom. The van der Waals surface area contributed by atoms with Crippen LogP contribution in [0.1, 0.15) is 98.0 Å².